The first-order chi connectivity index (χ1) is 9.33. The molecule has 1 saturated heterocycles. The Morgan fingerprint density at radius 3 is 2.45 bits per heavy atom. The van der Waals surface area contributed by atoms with E-state index in [2.05, 4.69) is 37.7 Å². The highest BCUT2D eigenvalue weighted by Crippen LogP contribution is 2.43. The number of benzene rings is 1. The SMILES string of the molecule is C=C1N/C(=N\C(N)c2ccc(F)cc2)SC1(C)C(C)C. The van der Waals surface area contributed by atoms with Crippen LogP contribution in [-0.2, 0) is 0 Å². The van der Waals surface area contributed by atoms with Gasteiger partial charge in [0.1, 0.15) is 12.0 Å². The van der Waals surface area contributed by atoms with E-state index in [4.69, 9.17) is 5.73 Å². The van der Waals surface area contributed by atoms with Crippen LogP contribution in [0.25, 0.3) is 0 Å². The van der Waals surface area contributed by atoms with Gasteiger partial charge in [-0.3, -0.25) is 0 Å². The predicted octanol–water partition coefficient (Wildman–Crippen LogP) is 3.40. The summed E-state index contributed by atoms with van der Waals surface area (Å²) in [6.45, 7) is 10.5. The largest absolute Gasteiger partial charge is 0.338 e. The Bertz CT molecular complexity index is 539. The molecule has 2 atom stereocenters. The van der Waals surface area contributed by atoms with Crippen LogP contribution in [0.5, 0.6) is 0 Å². The summed E-state index contributed by atoms with van der Waals surface area (Å²) in [5, 5.41) is 3.97. The summed E-state index contributed by atoms with van der Waals surface area (Å²) in [7, 11) is 0. The van der Waals surface area contributed by atoms with Gasteiger partial charge >= 0.3 is 0 Å². The molecule has 2 rings (SSSR count). The van der Waals surface area contributed by atoms with Gasteiger partial charge in [0, 0.05) is 5.70 Å². The van der Waals surface area contributed by atoms with Crippen LogP contribution in [0.3, 0.4) is 0 Å². The van der Waals surface area contributed by atoms with Gasteiger partial charge in [0.25, 0.3) is 0 Å². The van der Waals surface area contributed by atoms with E-state index in [0.29, 0.717) is 5.92 Å². The molecule has 1 heterocycles. The molecule has 3 N–H and O–H groups in total. The van der Waals surface area contributed by atoms with Crippen LogP contribution in [0.4, 0.5) is 4.39 Å². The molecular formula is C15H20FN3S. The molecule has 0 radical (unpaired) electrons. The summed E-state index contributed by atoms with van der Waals surface area (Å²) in [6, 6.07) is 6.09. The molecule has 1 aromatic rings. The van der Waals surface area contributed by atoms with Crippen LogP contribution in [0.1, 0.15) is 32.5 Å². The lowest BCUT2D eigenvalue weighted by molar-refractivity contribution is 0.522. The molecule has 1 aliphatic heterocycles. The number of rotatable bonds is 3. The number of hydrogen-bond donors (Lipinski definition) is 2. The summed E-state index contributed by atoms with van der Waals surface area (Å²) in [5.74, 6) is 0.157. The van der Waals surface area contributed by atoms with E-state index >= 15 is 0 Å². The second-order valence-electron chi connectivity index (χ2n) is 5.40. The molecule has 0 spiro atoms. The van der Waals surface area contributed by atoms with E-state index in [1.165, 1.54) is 12.1 Å². The van der Waals surface area contributed by atoms with Crippen molar-refractivity contribution in [3.63, 3.8) is 0 Å². The minimum absolute atomic E-state index is 0.0820. The van der Waals surface area contributed by atoms with Crippen molar-refractivity contribution in [3.05, 3.63) is 47.9 Å². The van der Waals surface area contributed by atoms with Crippen LogP contribution >= 0.6 is 11.8 Å². The van der Waals surface area contributed by atoms with Gasteiger partial charge in [0.05, 0.1) is 4.75 Å². The molecule has 1 aromatic carbocycles. The van der Waals surface area contributed by atoms with Gasteiger partial charge < -0.3 is 11.1 Å². The molecule has 1 fully saturated rings. The molecule has 0 bridgehead atoms. The second-order valence-corrected chi connectivity index (χ2v) is 6.84. The Morgan fingerprint density at radius 1 is 1.35 bits per heavy atom. The number of hydrogen-bond acceptors (Lipinski definition) is 3. The molecule has 1 aliphatic rings. The molecule has 0 amide bonds. The number of nitrogens with two attached hydrogens (primary N) is 1. The van der Waals surface area contributed by atoms with Crippen molar-refractivity contribution >= 4 is 16.9 Å². The second kappa shape index (κ2) is 5.58. The first-order valence-corrected chi connectivity index (χ1v) is 7.39. The summed E-state index contributed by atoms with van der Waals surface area (Å²) in [4.78, 5) is 4.47. The quantitative estimate of drug-likeness (QED) is 0.898. The molecule has 0 aliphatic carbocycles. The maximum atomic E-state index is 12.9. The Morgan fingerprint density at radius 2 is 1.95 bits per heavy atom. The predicted molar refractivity (Wildman–Crippen MR) is 83.9 cm³/mol. The van der Waals surface area contributed by atoms with Gasteiger partial charge in [-0.2, -0.15) is 0 Å². The van der Waals surface area contributed by atoms with E-state index in [1.54, 1.807) is 23.9 Å². The zero-order chi connectivity index (χ0) is 14.9. The van der Waals surface area contributed by atoms with Gasteiger partial charge in [0.2, 0.25) is 0 Å². The van der Waals surface area contributed by atoms with E-state index in [-0.39, 0.29) is 10.6 Å². The fourth-order valence-corrected chi connectivity index (χ4v) is 3.08. The summed E-state index contributed by atoms with van der Waals surface area (Å²) in [5.41, 5.74) is 7.77. The van der Waals surface area contributed by atoms with Gasteiger partial charge in [-0.15, -0.1) is 0 Å². The first-order valence-electron chi connectivity index (χ1n) is 6.57. The van der Waals surface area contributed by atoms with Crippen molar-refractivity contribution in [2.24, 2.45) is 16.6 Å². The zero-order valence-electron chi connectivity index (χ0n) is 12.0. The Kier molecular flexibility index (Phi) is 4.20. The molecular weight excluding hydrogens is 273 g/mol. The third-order valence-electron chi connectivity index (χ3n) is 3.74. The van der Waals surface area contributed by atoms with Crippen molar-refractivity contribution in [1.29, 1.82) is 0 Å². The van der Waals surface area contributed by atoms with Crippen molar-refractivity contribution in [1.82, 2.24) is 5.32 Å². The number of nitrogens with zero attached hydrogens (tertiary/aromatic N) is 1. The van der Waals surface area contributed by atoms with Crippen molar-refractivity contribution < 1.29 is 4.39 Å². The molecule has 2 unspecified atom stereocenters. The lowest BCUT2D eigenvalue weighted by Gasteiger charge is -2.26. The Hall–Kier alpha value is -1.33. The topological polar surface area (TPSA) is 50.4 Å². The van der Waals surface area contributed by atoms with E-state index in [9.17, 15) is 4.39 Å². The van der Waals surface area contributed by atoms with Gasteiger partial charge in [0.15, 0.2) is 5.17 Å². The average Bonchev–Trinajstić information content (AvgIpc) is 2.66. The van der Waals surface area contributed by atoms with E-state index in [0.717, 1.165) is 16.4 Å². The Labute approximate surface area is 123 Å². The number of thioether (sulfide) groups is 1. The molecule has 3 nitrogen and oxygen atoms in total. The van der Waals surface area contributed by atoms with Gasteiger partial charge in [-0.05, 0) is 30.5 Å². The summed E-state index contributed by atoms with van der Waals surface area (Å²) in [6.07, 6.45) is -0.507. The normalized spacial score (nSPS) is 26.1. The Balaban J connectivity index is 2.16. The fraction of sp³-hybridized carbons (Fsp3) is 0.400. The molecule has 0 saturated carbocycles. The highest BCUT2D eigenvalue weighted by molar-refractivity contribution is 8.15. The van der Waals surface area contributed by atoms with E-state index < -0.39 is 6.17 Å². The highest BCUT2D eigenvalue weighted by atomic mass is 32.2. The lowest BCUT2D eigenvalue weighted by Crippen LogP contribution is -2.28. The number of halogens is 1. The van der Waals surface area contributed by atoms with Crippen LogP contribution in [0, 0.1) is 11.7 Å². The zero-order valence-corrected chi connectivity index (χ0v) is 12.8. The molecule has 0 aromatic heterocycles. The van der Waals surface area contributed by atoms with Crippen molar-refractivity contribution in [2.75, 3.05) is 0 Å². The van der Waals surface area contributed by atoms with Crippen LogP contribution in [-0.4, -0.2) is 9.91 Å². The minimum atomic E-state index is -0.507. The van der Waals surface area contributed by atoms with Crippen LogP contribution in [0.15, 0.2) is 41.5 Å². The highest BCUT2D eigenvalue weighted by Gasteiger charge is 2.40. The maximum absolute atomic E-state index is 12.9. The summed E-state index contributed by atoms with van der Waals surface area (Å²) >= 11 is 1.64. The van der Waals surface area contributed by atoms with Gasteiger partial charge in [-0.1, -0.05) is 44.3 Å². The number of amidine groups is 1. The van der Waals surface area contributed by atoms with Crippen molar-refractivity contribution in [3.8, 4) is 0 Å². The maximum Gasteiger partial charge on any atom is 0.163 e. The van der Waals surface area contributed by atoms with E-state index in [1.807, 2.05) is 0 Å². The molecule has 108 valence electrons. The molecule has 5 heteroatoms. The standard InChI is InChI=1S/C15H20FN3S/c1-9(2)15(4)10(3)18-14(20-15)19-13(17)11-5-7-12(16)8-6-11/h5-9,13H,3,17H2,1-2,4H3,(H,18,19). The average molecular weight is 293 g/mol. The number of nitrogens with one attached hydrogen (secondary N) is 1. The third-order valence-corrected chi connectivity index (χ3v) is 5.28. The number of aliphatic imine (C=N–C) groups is 1. The lowest BCUT2D eigenvalue weighted by atomic mass is 9.94. The van der Waals surface area contributed by atoms with Gasteiger partial charge in [-0.25, -0.2) is 9.38 Å². The third kappa shape index (κ3) is 2.88. The van der Waals surface area contributed by atoms with Crippen LogP contribution < -0.4 is 11.1 Å². The monoisotopic (exact) mass is 293 g/mol. The molecule has 20 heavy (non-hydrogen) atoms. The first kappa shape index (κ1) is 15.1. The minimum Gasteiger partial charge on any atom is -0.338 e. The fourth-order valence-electron chi connectivity index (χ4n) is 1.93. The smallest absolute Gasteiger partial charge is 0.163 e. The summed E-state index contributed by atoms with van der Waals surface area (Å²) < 4.78 is 12.8. The van der Waals surface area contributed by atoms with Crippen LogP contribution in [0.2, 0.25) is 0 Å². The van der Waals surface area contributed by atoms with Crippen molar-refractivity contribution in [2.45, 2.75) is 31.7 Å².